The van der Waals surface area contributed by atoms with Gasteiger partial charge in [-0.15, -0.1) is 11.8 Å². The molecule has 0 radical (unpaired) electrons. The molecule has 0 aliphatic rings. The third-order valence-electron chi connectivity index (χ3n) is 4.37. The van der Waals surface area contributed by atoms with Crippen LogP contribution in [0.25, 0.3) is 0 Å². The Morgan fingerprint density at radius 1 is 0.880 bits per heavy atom. The van der Waals surface area contributed by atoms with Crippen molar-refractivity contribution >= 4 is 17.7 Å². The lowest BCUT2D eigenvalue weighted by Crippen LogP contribution is -2.13. The number of carboxylic acids is 1. The molecule has 0 amide bonds. The number of rotatable bonds is 6. The highest BCUT2D eigenvalue weighted by atomic mass is 32.2. The minimum atomic E-state index is -0.751. The van der Waals surface area contributed by atoms with Gasteiger partial charge in [0.15, 0.2) is 0 Å². The molecule has 0 unspecified atom stereocenters. The second-order valence-corrected chi connectivity index (χ2v) is 9.67. The molecule has 0 aromatic heterocycles. The van der Waals surface area contributed by atoms with Gasteiger partial charge in [-0.3, -0.25) is 4.79 Å². The van der Waals surface area contributed by atoms with Gasteiger partial charge in [0.2, 0.25) is 0 Å². The van der Waals surface area contributed by atoms with E-state index in [1.54, 1.807) is 0 Å². The minimum absolute atomic E-state index is 0.0470. The molecule has 2 nitrogen and oxygen atoms in total. The highest BCUT2D eigenvalue weighted by molar-refractivity contribution is 8.00. The van der Waals surface area contributed by atoms with E-state index in [4.69, 9.17) is 5.11 Å². The average Bonchev–Trinajstić information content (AvgIpc) is 2.52. The molecule has 3 heteroatoms. The number of aryl methyl sites for hydroxylation is 1. The van der Waals surface area contributed by atoms with Gasteiger partial charge in [0.25, 0.3) is 0 Å². The number of hydrogen-bond acceptors (Lipinski definition) is 2. The minimum Gasteiger partial charge on any atom is -0.481 e. The summed E-state index contributed by atoms with van der Waals surface area (Å²) in [5, 5.41) is 8.79. The van der Waals surface area contributed by atoms with Crippen LogP contribution >= 0.6 is 11.8 Å². The molecule has 0 heterocycles. The third-order valence-corrected chi connectivity index (χ3v) is 5.62. The molecular formula is C22H28O2S. The molecule has 1 N–H and O–H groups in total. The summed E-state index contributed by atoms with van der Waals surface area (Å²) in [6.45, 7) is 11.1. The van der Waals surface area contributed by atoms with Crippen molar-refractivity contribution in [3.63, 3.8) is 0 Å². The fraction of sp³-hybridized carbons (Fsp3) is 0.409. The van der Waals surface area contributed by atoms with E-state index in [1.165, 1.54) is 16.0 Å². The Morgan fingerprint density at radius 3 is 1.88 bits per heavy atom. The Bertz CT molecular complexity index is 707. The first-order valence-corrected chi connectivity index (χ1v) is 9.50. The number of benzene rings is 2. The Morgan fingerprint density at radius 2 is 1.40 bits per heavy atom. The van der Waals surface area contributed by atoms with E-state index >= 15 is 0 Å². The number of carboxylic acid groups (broad SMARTS) is 1. The van der Waals surface area contributed by atoms with Gasteiger partial charge in [-0.05, 0) is 54.5 Å². The number of aliphatic carboxylic acids is 1. The fourth-order valence-corrected chi connectivity index (χ4v) is 3.82. The van der Waals surface area contributed by atoms with Gasteiger partial charge in [0.05, 0.1) is 0 Å². The summed E-state index contributed by atoms with van der Waals surface area (Å²) in [5.41, 5.74) is 3.83. The van der Waals surface area contributed by atoms with E-state index in [0.29, 0.717) is 6.42 Å². The van der Waals surface area contributed by atoms with E-state index < -0.39 is 5.97 Å². The van der Waals surface area contributed by atoms with Crippen molar-refractivity contribution in [3.05, 3.63) is 65.2 Å². The largest absolute Gasteiger partial charge is 0.481 e. The van der Waals surface area contributed by atoms with Crippen molar-refractivity contribution < 1.29 is 9.90 Å². The van der Waals surface area contributed by atoms with E-state index in [2.05, 4.69) is 71.0 Å². The monoisotopic (exact) mass is 356 g/mol. The molecule has 0 aliphatic carbocycles. The van der Waals surface area contributed by atoms with E-state index in [1.807, 2.05) is 23.9 Å². The standard InChI is InChI=1S/C22H28O2S/c1-21(2,3)17-11-13-19(14-12-17)25-22(4,5)18-9-6-16(7-10-18)8-15-20(23)24/h6-7,9-14H,8,15H2,1-5H3,(H,23,24). The van der Waals surface area contributed by atoms with Crippen LogP contribution in [0.3, 0.4) is 0 Å². The van der Waals surface area contributed by atoms with Crippen LogP contribution in [0.5, 0.6) is 0 Å². The van der Waals surface area contributed by atoms with Crippen LogP contribution in [-0.2, 0) is 21.4 Å². The highest BCUT2D eigenvalue weighted by Crippen LogP contribution is 2.41. The first-order chi connectivity index (χ1) is 11.6. The van der Waals surface area contributed by atoms with Crippen molar-refractivity contribution in [2.45, 2.75) is 62.5 Å². The van der Waals surface area contributed by atoms with Crippen LogP contribution in [0.1, 0.15) is 57.7 Å². The van der Waals surface area contributed by atoms with Crippen molar-refractivity contribution in [3.8, 4) is 0 Å². The molecule has 2 rings (SSSR count). The molecular weight excluding hydrogens is 328 g/mol. The molecule has 0 fully saturated rings. The third kappa shape index (κ3) is 5.64. The fourth-order valence-electron chi connectivity index (χ4n) is 2.70. The molecule has 0 atom stereocenters. The van der Waals surface area contributed by atoms with Gasteiger partial charge in [0.1, 0.15) is 0 Å². The molecule has 25 heavy (non-hydrogen) atoms. The normalized spacial score (nSPS) is 12.2. The van der Waals surface area contributed by atoms with E-state index in [-0.39, 0.29) is 16.6 Å². The summed E-state index contributed by atoms with van der Waals surface area (Å²) in [7, 11) is 0. The van der Waals surface area contributed by atoms with Crippen LogP contribution < -0.4 is 0 Å². The second kappa shape index (κ2) is 7.65. The lowest BCUT2D eigenvalue weighted by Gasteiger charge is -2.26. The molecule has 0 saturated carbocycles. The van der Waals surface area contributed by atoms with Crippen molar-refractivity contribution in [1.82, 2.24) is 0 Å². The zero-order valence-corrected chi connectivity index (χ0v) is 16.6. The van der Waals surface area contributed by atoms with Crippen LogP contribution in [-0.4, -0.2) is 11.1 Å². The SMILES string of the molecule is CC(C)(C)c1ccc(SC(C)(C)c2ccc(CCC(=O)O)cc2)cc1. The summed E-state index contributed by atoms with van der Waals surface area (Å²) in [6.07, 6.45) is 0.759. The Hall–Kier alpha value is -1.74. The van der Waals surface area contributed by atoms with Crippen molar-refractivity contribution in [1.29, 1.82) is 0 Å². The Balaban J connectivity index is 2.09. The van der Waals surface area contributed by atoms with Crippen LogP contribution in [0.2, 0.25) is 0 Å². The zero-order chi connectivity index (χ0) is 18.7. The summed E-state index contributed by atoms with van der Waals surface area (Å²) >= 11 is 1.85. The van der Waals surface area contributed by atoms with Crippen molar-refractivity contribution in [2.24, 2.45) is 0 Å². The second-order valence-electron chi connectivity index (χ2n) is 7.98. The van der Waals surface area contributed by atoms with Crippen LogP contribution in [0.4, 0.5) is 0 Å². The van der Waals surface area contributed by atoms with Gasteiger partial charge in [0, 0.05) is 16.1 Å². The molecule has 0 saturated heterocycles. The number of thioether (sulfide) groups is 1. The average molecular weight is 357 g/mol. The zero-order valence-electron chi connectivity index (χ0n) is 15.8. The van der Waals surface area contributed by atoms with Gasteiger partial charge >= 0.3 is 5.97 Å². The summed E-state index contributed by atoms with van der Waals surface area (Å²) in [5.74, 6) is -0.751. The number of hydrogen-bond donors (Lipinski definition) is 1. The first-order valence-electron chi connectivity index (χ1n) is 8.69. The molecule has 0 spiro atoms. The maximum atomic E-state index is 10.7. The smallest absolute Gasteiger partial charge is 0.303 e. The number of carbonyl (C=O) groups is 1. The highest BCUT2D eigenvalue weighted by Gasteiger charge is 2.22. The summed E-state index contributed by atoms with van der Waals surface area (Å²) < 4.78 is -0.0470. The van der Waals surface area contributed by atoms with Gasteiger partial charge in [-0.2, -0.15) is 0 Å². The topological polar surface area (TPSA) is 37.3 Å². The predicted molar refractivity (Wildman–Crippen MR) is 106 cm³/mol. The first kappa shape index (κ1) is 19.6. The molecule has 2 aromatic carbocycles. The predicted octanol–water partition coefficient (Wildman–Crippen LogP) is 6.03. The molecule has 0 bridgehead atoms. The molecule has 0 aliphatic heterocycles. The van der Waals surface area contributed by atoms with Crippen LogP contribution in [0.15, 0.2) is 53.4 Å². The maximum absolute atomic E-state index is 10.7. The van der Waals surface area contributed by atoms with Gasteiger partial charge in [-0.25, -0.2) is 0 Å². The quantitative estimate of drug-likeness (QED) is 0.642. The van der Waals surface area contributed by atoms with Crippen molar-refractivity contribution in [2.75, 3.05) is 0 Å². The maximum Gasteiger partial charge on any atom is 0.303 e. The Kier molecular flexibility index (Phi) is 5.99. The van der Waals surface area contributed by atoms with Gasteiger partial charge < -0.3 is 5.11 Å². The lowest BCUT2D eigenvalue weighted by atomic mass is 9.87. The molecule has 2 aromatic rings. The van der Waals surface area contributed by atoms with E-state index in [0.717, 1.165) is 5.56 Å². The van der Waals surface area contributed by atoms with Gasteiger partial charge in [-0.1, -0.05) is 57.2 Å². The summed E-state index contributed by atoms with van der Waals surface area (Å²) in [6, 6.07) is 17.2. The van der Waals surface area contributed by atoms with Crippen LogP contribution in [0, 0.1) is 0 Å². The van der Waals surface area contributed by atoms with E-state index in [9.17, 15) is 4.79 Å². The Labute approximate surface area is 155 Å². The summed E-state index contributed by atoms with van der Waals surface area (Å²) in [4.78, 5) is 11.9. The lowest BCUT2D eigenvalue weighted by molar-refractivity contribution is -0.136. The molecule has 134 valence electrons.